The predicted molar refractivity (Wildman–Crippen MR) is 114 cm³/mol. The summed E-state index contributed by atoms with van der Waals surface area (Å²) in [6, 6.07) is 19.1. The van der Waals surface area contributed by atoms with Gasteiger partial charge >= 0.3 is 0 Å². The first-order chi connectivity index (χ1) is 13.6. The second kappa shape index (κ2) is 7.44. The second-order valence-electron chi connectivity index (χ2n) is 6.77. The van der Waals surface area contributed by atoms with Crippen LogP contribution in [0.4, 0.5) is 10.7 Å². The Hall–Kier alpha value is -3.18. The molecule has 1 aliphatic heterocycles. The van der Waals surface area contributed by atoms with Crippen LogP contribution in [0.1, 0.15) is 45.6 Å². The van der Waals surface area contributed by atoms with Crippen LogP contribution >= 0.6 is 11.3 Å². The second-order valence-corrected chi connectivity index (χ2v) is 7.79. The van der Waals surface area contributed by atoms with E-state index in [0.717, 1.165) is 33.7 Å². The number of benzene rings is 2. The molecule has 0 saturated heterocycles. The van der Waals surface area contributed by atoms with E-state index in [0.29, 0.717) is 22.5 Å². The first kappa shape index (κ1) is 18.2. The van der Waals surface area contributed by atoms with Crippen molar-refractivity contribution in [1.29, 1.82) is 0 Å². The maximum Gasteiger partial charge on any atom is 0.205 e. The Morgan fingerprint density at radius 1 is 1.11 bits per heavy atom. The third-order valence-electron chi connectivity index (χ3n) is 5.08. The predicted octanol–water partition coefficient (Wildman–Crippen LogP) is 4.98. The number of nitrogens with one attached hydrogen (secondary N) is 1. The number of allylic oxidation sites excluding steroid dienone is 2. The molecule has 0 saturated carbocycles. The highest BCUT2D eigenvalue weighted by Crippen LogP contribution is 2.50. The van der Waals surface area contributed by atoms with Gasteiger partial charge in [-0.1, -0.05) is 60.7 Å². The van der Waals surface area contributed by atoms with Gasteiger partial charge in [0.25, 0.3) is 0 Å². The molecule has 5 heteroatoms. The fraction of sp³-hybridized carbons (Fsp3) is 0.130. The van der Waals surface area contributed by atoms with Crippen LogP contribution in [0.5, 0.6) is 0 Å². The van der Waals surface area contributed by atoms with Crippen molar-refractivity contribution in [1.82, 2.24) is 0 Å². The average Bonchev–Trinajstić information content (AvgIpc) is 3.05. The summed E-state index contributed by atoms with van der Waals surface area (Å²) in [7, 11) is 0. The summed E-state index contributed by atoms with van der Waals surface area (Å²) >= 11 is 1.38. The minimum atomic E-state index is -0.142. The number of ketones is 1. The lowest BCUT2D eigenvalue weighted by molar-refractivity contribution is -0.107. The summed E-state index contributed by atoms with van der Waals surface area (Å²) in [5.41, 5.74) is 11.5. The minimum Gasteiger partial charge on any atom is -0.397 e. The smallest absolute Gasteiger partial charge is 0.205 e. The van der Waals surface area contributed by atoms with Crippen molar-refractivity contribution >= 4 is 34.1 Å². The van der Waals surface area contributed by atoms with Crippen molar-refractivity contribution in [2.45, 2.75) is 19.3 Å². The standard InChI is InChI=1S/C23H20N2O2S/c1-14-17(12-13-26)18(15-8-4-2-5-9-15)19-20(24)22(28-23(19)25-14)21(27)16-10-6-3-7-11-16/h2-11,13,18,25H,12,24H2,1H3. The topological polar surface area (TPSA) is 72.2 Å². The molecule has 0 aliphatic carbocycles. The quantitative estimate of drug-likeness (QED) is 0.477. The van der Waals surface area contributed by atoms with Gasteiger partial charge in [-0.15, -0.1) is 11.3 Å². The van der Waals surface area contributed by atoms with Crippen LogP contribution in [-0.2, 0) is 4.79 Å². The largest absolute Gasteiger partial charge is 0.397 e. The van der Waals surface area contributed by atoms with E-state index in [1.807, 2.05) is 55.5 Å². The number of thiophene rings is 1. The highest BCUT2D eigenvalue weighted by atomic mass is 32.1. The summed E-state index contributed by atoms with van der Waals surface area (Å²) in [6.07, 6.45) is 1.23. The Kier molecular flexibility index (Phi) is 4.84. The Morgan fingerprint density at radius 2 is 1.75 bits per heavy atom. The van der Waals surface area contributed by atoms with E-state index in [2.05, 4.69) is 5.32 Å². The van der Waals surface area contributed by atoms with E-state index in [-0.39, 0.29) is 11.7 Å². The van der Waals surface area contributed by atoms with Crippen LogP contribution in [-0.4, -0.2) is 12.1 Å². The molecule has 1 atom stereocenters. The number of anilines is 2. The molecule has 4 rings (SSSR count). The number of fused-ring (bicyclic) bond motifs is 1. The fourth-order valence-corrected chi connectivity index (χ4v) is 4.92. The average molecular weight is 388 g/mol. The Balaban J connectivity index is 1.87. The summed E-state index contributed by atoms with van der Waals surface area (Å²) in [5, 5.41) is 4.24. The van der Waals surface area contributed by atoms with E-state index in [1.54, 1.807) is 12.1 Å². The molecule has 0 spiro atoms. The molecule has 3 N–H and O–H groups in total. The van der Waals surface area contributed by atoms with E-state index < -0.39 is 0 Å². The Labute approximate surface area is 167 Å². The molecule has 2 heterocycles. The van der Waals surface area contributed by atoms with Crippen LogP contribution in [0, 0.1) is 0 Å². The lowest BCUT2D eigenvalue weighted by Crippen LogP contribution is -2.18. The highest BCUT2D eigenvalue weighted by molar-refractivity contribution is 7.19. The number of rotatable bonds is 5. The van der Waals surface area contributed by atoms with Crippen LogP contribution in [0.3, 0.4) is 0 Å². The molecular formula is C23H20N2O2S. The molecule has 0 bridgehead atoms. The van der Waals surface area contributed by atoms with E-state index in [1.165, 1.54) is 11.3 Å². The number of nitrogens with two attached hydrogens (primary N) is 1. The number of carbonyl (C=O) groups is 2. The van der Waals surface area contributed by atoms with Gasteiger partial charge in [0.1, 0.15) is 11.2 Å². The molecular weight excluding hydrogens is 368 g/mol. The first-order valence-electron chi connectivity index (χ1n) is 9.09. The SMILES string of the molecule is CC1=C(CC=O)C(c2ccccc2)c2c(sc(C(=O)c3ccccc3)c2N)N1. The number of aldehydes is 1. The molecule has 140 valence electrons. The van der Waals surface area contributed by atoms with Gasteiger partial charge in [-0.2, -0.15) is 0 Å². The van der Waals surface area contributed by atoms with Gasteiger partial charge in [0.2, 0.25) is 5.78 Å². The fourth-order valence-electron chi connectivity index (χ4n) is 3.74. The van der Waals surface area contributed by atoms with Gasteiger partial charge in [0, 0.05) is 29.2 Å². The van der Waals surface area contributed by atoms with Crippen LogP contribution in [0.15, 0.2) is 71.9 Å². The summed E-state index contributed by atoms with van der Waals surface area (Å²) in [5.74, 6) is -0.225. The number of hydrogen-bond donors (Lipinski definition) is 2. The lowest BCUT2D eigenvalue weighted by atomic mass is 9.80. The molecule has 28 heavy (non-hydrogen) atoms. The molecule has 0 radical (unpaired) electrons. The van der Waals surface area contributed by atoms with Crippen molar-refractivity contribution in [3.05, 3.63) is 93.5 Å². The van der Waals surface area contributed by atoms with Crippen molar-refractivity contribution in [3.63, 3.8) is 0 Å². The Bertz CT molecular complexity index is 1070. The van der Waals surface area contributed by atoms with Gasteiger partial charge in [-0.05, 0) is 18.1 Å². The van der Waals surface area contributed by atoms with Crippen molar-refractivity contribution in [3.8, 4) is 0 Å². The number of carbonyl (C=O) groups excluding carboxylic acids is 2. The zero-order valence-electron chi connectivity index (χ0n) is 15.4. The van der Waals surface area contributed by atoms with Gasteiger partial charge in [-0.3, -0.25) is 4.79 Å². The molecule has 3 aromatic rings. The highest BCUT2D eigenvalue weighted by Gasteiger charge is 2.34. The maximum atomic E-state index is 13.0. The molecule has 0 amide bonds. The number of nitrogen functional groups attached to an aromatic ring is 1. The third-order valence-corrected chi connectivity index (χ3v) is 6.22. The van der Waals surface area contributed by atoms with Crippen molar-refractivity contribution in [2.24, 2.45) is 0 Å². The molecule has 1 aliphatic rings. The van der Waals surface area contributed by atoms with Gasteiger partial charge < -0.3 is 15.8 Å². The molecule has 1 aromatic heterocycles. The van der Waals surface area contributed by atoms with E-state index in [9.17, 15) is 9.59 Å². The van der Waals surface area contributed by atoms with Crippen molar-refractivity contribution in [2.75, 3.05) is 11.1 Å². The molecule has 0 fully saturated rings. The Morgan fingerprint density at radius 3 is 2.39 bits per heavy atom. The van der Waals surface area contributed by atoms with Crippen molar-refractivity contribution < 1.29 is 9.59 Å². The van der Waals surface area contributed by atoms with E-state index in [4.69, 9.17) is 5.73 Å². The molecule has 1 unspecified atom stereocenters. The zero-order chi connectivity index (χ0) is 19.7. The van der Waals surface area contributed by atoms with Crippen LogP contribution < -0.4 is 11.1 Å². The zero-order valence-corrected chi connectivity index (χ0v) is 16.3. The summed E-state index contributed by atoms with van der Waals surface area (Å²) in [4.78, 5) is 24.9. The third kappa shape index (κ3) is 3.04. The van der Waals surface area contributed by atoms with Gasteiger partial charge in [0.15, 0.2) is 0 Å². The first-order valence-corrected chi connectivity index (χ1v) is 9.90. The van der Waals surface area contributed by atoms with Crippen LogP contribution in [0.2, 0.25) is 0 Å². The molecule has 2 aromatic carbocycles. The number of hydrogen-bond acceptors (Lipinski definition) is 5. The summed E-state index contributed by atoms with van der Waals surface area (Å²) < 4.78 is 0. The monoisotopic (exact) mass is 388 g/mol. The van der Waals surface area contributed by atoms with Gasteiger partial charge in [0.05, 0.1) is 10.7 Å². The van der Waals surface area contributed by atoms with E-state index >= 15 is 0 Å². The summed E-state index contributed by atoms with van der Waals surface area (Å²) in [6.45, 7) is 1.96. The normalized spacial score (nSPS) is 15.7. The van der Waals surface area contributed by atoms with Crippen LogP contribution in [0.25, 0.3) is 0 Å². The van der Waals surface area contributed by atoms with Gasteiger partial charge in [-0.25, -0.2) is 0 Å². The minimum absolute atomic E-state index is 0.0827. The maximum absolute atomic E-state index is 13.0. The lowest BCUT2D eigenvalue weighted by Gasteiger charge is -2.29. The molecule has 4 nitrogen and oxygen atoms in total.